The van der Waals surface area contributed by atoms with Crippen LogP contribution < -0.4 is 4.74 Å². The molecule has 0 amide bonds. The van der Waals surface area contributed by atoms with E-state index in [4.69, 9.17) is 4.74 Å². The highest BCUT2D eigenvalue weighted by molar-refractivity contribution is 5.91. The summed E-state index contributed by atoms with van der Waals surface area (Å²) in [5.74, 6) is -1.10. The van der Waals surface area contributed by atoms with Crippen LogP contribution in [0.25, 0.3) is 22.4 Å². The highest BCUT2D eigenvalue weighted by atomic mass is 19.1. The van der Waals surface area contributed by atoms with E-state index in [1.54, 1.807) is 6.92 Å². The molecular formula is C23H22F2N4O2. The predicted molar refractivity (Wildman–Crippen MR) is 113 cm³/mol. The van der Waals surface area contributed by atoms with Crippen LogP contribution in [-0.4, -0.2) is 31.5 Å². The maximum atomic E-state index is 14.6. The van der Waals surface area contributed by atoms with E-state index in [0.717, 1.165) is 5.39 Å². The molecule has 0 aliphatic heterocycles. The predicted octanol–water partition coefficient (Wildman–Crippen LogP) is 5.05. The summed E-state index contributed by atoms with van der Waals surface area (Å²) in [6.45, 7) is 5.85. The van der Waals surface area contributed by atoms with Crippen LogP contribution in [0.5, 0.6) is 11.6 Å². The number of aromatic nitrogens is 4. The fraction of sp³-hybridized carbons (Fsp3) is 0.261. The van der Waals surface area contributed by atoms with Crippen molar-refractivity contribution >= 4 is 10.9 Å². The first kappa shape index (κ1) is 20.7. The van der Waals surface area contributed by atoms with E-state index in [0.29, 0.717) is 23.5 Å². The quantitative estimate of drug-likeness (QED) is 0.469. The molecule has 160 valence electrons. The van der Waals surface area contributed by atoms with Crippen LogP contribution in [-0.2, 0) is 6.54 Å². The third-order valence-corrected chi connectivity index (χ3v) is 4.93. The van der Waals surface area contributed by atoms with E-state index in [2.05, 4.69) is 15.1 Å². The van der Waals surface area contributed by atoms with Gasteiger partial charge in [-0.05, 0) is 18.9 Å². The largest absolute Gasteiger partial charge is 0.494 e. The summed E-state index contributed by atoms with van der Waals surface area (Å²) in [4.78, 5) is 8.66. The molecule has 31 heavy (non-hydrogen) atoms. The fourth-order valence-electron chi connectivity index (χ4n) is 3.40. The van der Waals surface area contributed by atoms with Gasteiger partial charge in [-0.15, -0.1) is 0 Å². The molecule has 2 aromatic heterocycles. The van der Waals surface area contributed by atoms with Crippen LogP contribution in [0, 0.1) is 11.6 Å². The maximum Gasteiger partial charge on any atom is 0.214 e. The van der Waals surface area contributed by atoms with Crippen molar-refractivity contribution in [3.8, 4) is 23.1 Å². The van der Waals surface area contributed by atoms with Gasteiger partial charge in [0.05, 0.1) is 24.4 Å². The van der Waals surface area contributed by atoms with Crippen molar-refractivity contribution in [1.82, 2.24) is 19.7 Å². The minimum Gasteiger partial charge on any atom is -0.494 e. The molecule has 4 aromatic rings. The van der Waals surface area contributed by atoms with Gasteiger partial charge in [0, 0.05) is 29.1 Å². The van der Waals surface area contributed by atoms with Crippen molar-refractivity contribution in [3.05, 3.63) is 65.4 Å². The number of rotatable bonds is 6. The van der Waals surface area contributed by atoms with Crippen molar-refractivity contribution in [1.29, 1.82) is 0 Å². The summed E-state index contributed by atoms with van der Waals surface area (Å²) >= 11 is 0. The number of ether oxygens (including phenoxy) is 1. The molecule has 0 saturated heterocycles. The molecular weight excluding hydrogens is 402 g/mol. The Hall–Kier alpha value is -3.55. The molecule has 1 N–H and O–H groups in total. The lowest BCUT2D eigenvalue weighted by Crippen LogP contribution is -2.07. The van der Waals surface area contributed by atoms with E-state index in [9.17, 15) is 13.9 Å². The number of hydrogen-bond acceptors (Lipinski definition) is 5. The second-order valence-corrected chi connectivity index (χ2v) is 7.45. The Labute approximate surface area is 178 Å². The normalized spacial score (nSPS) is 11.4. The Morgan fingerprint density at radius 3 is 2.45 bits per heavy atom. The molecule has 2 aromatic carbocycles. The average molecular weight is 424 g/mol. The molecule has 0 saturated carbocycles. The molecule has 0 aliphatic rings. The van der Waals surface area contributed by atoms with Crippen molar-refractivity contribution in [2.45, 2.75) is 33.2 Å². The summed E-state index contributed by atoms with van der Waals surface area (Å²) in [5, 5.41) is 15.3. The highest BCUT2D eigenvalue weighted by Crippen LogP contribution is 2.30. The number of fused-ring (bicyclic) bond motifs is 1. The van der Waals surface area contributed by atoms with Gasteiger partial charge < -0.3 is 9.84 Å². The molecule has 6 nitrogen and oxygen atoms in total. The van der Waals surface area contributed by atoms with Crippen LogP contribution in [0.3, 0.4) is 0 Å². The minimum atomic E-state index is -0.708. The zero-order valence-electron chi connectivity index (χ0n) is 17.4. The zero-order valence-corrected chi connectivity index (χ0v) is 17.4. The molecule has 2 heterocycles. The lowest BCUT2D eigenvalue weighted by Gasteiger charge is -2.10. The first-order chi connectivity index (χ1) is 14.9. The number of para-hydroxylation sites is 1. The summed E-state index contributed by atoms with van der Waals surface area (Å²) in [6.07, 6.45) is 0. The average Bonchev–Trinajstić information content (AvgIpc) is 3.09. The maximum absolute atomic E-state index is 14.6. The SMILES string of the molecule is CCOc1cc(F)c(Cn2nc(-c3nc(O)cc(C(C)C)n3)c3ccccc32)c(F)c1. The van der Waals surface area contributed by atoms with Gasteiger partial charge in [-0.2, -0.15) is 10.1 Å². The van der Waals surface area contributed by atoms with Gasteiger partial charge in [-0.3, -0.25) is 4.68 Å². The molecule has 0 aliphatic carbocycles. The summed E-state index contributed by atoms with van der Waals surface area (Å²) in [7, 11) is 0. The van der Waals surface area contributed by atoms with Gasteiger partial charge in [0.1, 0.15) is 23.1 Å². The third kappa shape index (κ3) is 4.05. The molecule has 0 radical (unpaired) electrons. The lowest BCUT2D eigenvalue weighted by molar-refractivity contribution is 0.335. The number of nitrogens with zero attached hydrogens (tertiary/aromatic N) is 4. The van der Waals surface area contributed by atoms with Gasteiger partial charge in [0.2, 0.25) is 5.88 Å². The van der Waals surface area contributed by atoms with Crippen molar-refractivity contribution in [2.24, 2.45) is 0 Å². The van der Waals surface area contributed by atoms with Crippen LogP contribution >= 0.6 is 0 Å². The second-order valence-electron chi connectivity index (χ2n) is 7.45. The first-order valence-corrected chi connectivity index (χ1v) is 10.0. The highest BCUT2D eigenvalue weighted by Gasteiger charge is 2.19. The standard InChI is InChI=1S/C23H22F2N4O2/c1-4-31-14-9-17(24)16(18(25)10-14)12-29-20-8-6-5-7-15(20)22(28-29)23-26-19(13(2)3)11-21(30)27-23/h5-11,13H,4,12H2,1-3H3,(H,26,27,30). The molecule has 0 bridgehead atoms. The van der Waals surface area contributed by atoms with Crippen LogP contribution in [0.4, 0.5) is 8.78 Å². The fourth-order valence-corrected chi connectivity index (χ4v) is 3.40. The van der Waals surface area contributed by atoms with E-state index in [-0.39, 0.29) is 35.5 Å². The van der Waals surface area contributed by atoms with E-state index >= 15 is 0 Å². The van der Waals surface area contributed by atoms with E-state index in [1.165, 1.54) is 22.9 Å². The van der Waals surface area contributed by atoms with Crippen molar-refractivity contribution in [3.63, 3.8) is 0 Å². The molecule has 8 heteroatoms. The lowest BCUT2D eigenvalue weighted by atomic mass is 10.1. The smallest absolute Gasteiger partial charge is 0.214 e. The van der Waals surface area contributed by atoms with E-state index < -0.39 is 11.6 Å². The van der Waals surface area contributed by atoms with Crippen molar-refractivity contribution in [2.75, 3.05) is 6.61 Å². The van der Waals surface area contributed by atoms with Gasteiger partial charge in [-0.1, -0.05) is 32.0 Å². The Balaban J connectivity index is 1.82. The number of hydrogen-bond donors (Lipinski definition) is 1. The Kier molecular flexibility index (Phi) is 5.54. The molecule has 0 unspecified atom stereocenters. The van der Waals surface area contributed by atoms with E-state index in [1.807, 2.05) is 38.1 Å². The summed E-state index contributed by atoms with van der Waals surface area (Å²) in [6, 6.07) is 11.1. The molecule has 0 atom stereocenters. The molecule has 0 fully saturated rings. The van der Waals surface area contributed by atoms with Crippen molar-refractivity contribution < 1.29 is 18.6 Å². The number of benzene rings is 2. The van der Waals surface area contributed by atoms with Gasteiger partial charge in [0.25, 0.3) is 0 Å². The van der Waals surface area contributed by atoms with Gasteiger partial charge in [0.15, 0.2) is 5.82 Å². The van der Waals surface area contributed by atoms with Crippen LogP contribution in [0.15, 0.2) is 42.5 Å². The Bertz CT molecular complexity index is 1230. The zero-order chi connectivity index (χ0) is 22.1. The summed E-state index contributed by atoms with van der Waals surface area (Å²) < 4.78 is 36.0. The van der Waals surface area contributed by atoms with Crippen LogP contribution in [0.1, 0.15) is 37.9 Å². The monoisotopic (exact) mass is 424 g/mol. The topological polar surface area (TPSA) is 73.1 Å². The molecule has 4 rings (SSSR count). The first-order valence-electron chi connectivity index (χ1n) is 10.0. The third-order valence-electron chi connectivity index (χ3n) is 4.93. The van der Waals surface area contributed by atoms with Gasteiger partial charge in [-0.25, -0.2) is 13.8 Å². The number of halogens is 2. The second kappa shape index (κ2) is 8.29. The number of aromatic hydroxyl groups is 1. The summed E-state index contributed by atoms with van der Waals surface area (Å²) in [5.41, 5.74) is 1.65. The van der Waals surface area contributed by atoms with Crippen LogP contribution in [0.2, 0.25) is 0 Å². The molecule has 0 spiro atoms. The Morgan fingerprint density at radius 2 is 1.77 bits per heavy atom. The van der Waals surface area contributed by atoms with Gasteiger partial charge >= 0.3 is 0 Å². The Morgan fingerprint density at radius 1 is 1.06 bits per heavy atom. The minimum absolute atomic E-state index is 0.0769.